The number of fused-ring (bicyclic) bond motifs is 1. The smallest absolute Gasteiger partial charge is 0.273 e. The molecular formula is C22H20N2O2S. The van der Waals surface area contributed by atoms with Crippen LogP contribution in [0.5, 0.6) is 5.75 Å². The standard InChI is InChI=1S/C22H20N2O2S/c25-22(19-14-27-21(23-19)15-4-2-1-3-5-15)24-10-8-18(13-24)16-6-7-20-17(12-16)9-11-26-20/h1-7,12,14,18H,8-11,13H2/t18-/m0/s1. The Morgan fingerprint density at radius 3 is 2.96 bits per heavy atom. The van der Waals surface area contributed by atoms with Crippen molar-refractivity contribution in [1.29, 1.82) is 0 Å². The summed E-state index contributed by atoms with van der Waals surface area (Å²) in [6.45, 7) is 2.33. The largest absolute Gasteiger partial charge is 0.493 e. The van der Waals surface area contributed by atoms with Crippen LogP contribution in [-0.2, 0) is 6.42 Å². The number of hydrogen-bond acceptors (Lipinski definition) is 4. The first-order valence-corrected chi connectivity index (χ1v) is 10.2. The highest BCUT2D eigenvalue weighted by Gasteiger charge is 2.30. The molecule has 1 saturated heterocycles. The van der Waals surface area contributed by atoms with Crippen molar-refractivity contribution in [3.63, 3.8) is 0 Å². The van der Waals surface area contributed by atoms with E-state index in [0.29, 0.717) is 11.6 Å². The van der Waals surface area contributed by atoms with Gasteiger partial charge in [0.25, 0.3) is 5.91 Å². The van der Waals surface area contributed by atoms with Crippen molar-refractivity contribution in [2.75, 3.05) is 19.7 Å². The van der Waals surface area contributed by atoms with Gasteiger partial charge in [-0.2, -0.15) is 0 Å². The van der Waals surface area contributed by atoms with Crippen LogP contribution in [0.25, 0.3) is 10.6 Å². The first-order chi connectivity index (χ1) is 13.3. The predicted molar refractivity (Wildman–Crippen MR) is 106 cm³/mol. The molecule has 4 nitrogen and oxygen atoms in total. The minimum Gasteiger partial charge on any atom is -0.493 e. The highest BCUT2D eigenvalue weighted by molar-refractivity contribution is 7.13. The second kappa shape index (κ2) is 6.82. The lowest BCUT2D eigenvalue weighted by molar-refractivity contribution is 0.0786. The van der Waals surface area contributed by atoms with Gasteiger partial charge in [0.2, 0.25) is 0 Å². The maximum absolute atomic E-state index is 12.9. The Labute approximate surface area is 162 Å². The number of carbonyl (C=O) groups is 1. The monoisotopic (exact) mass is 376 g/mol. The summed E-state index contributed by atoms with van der Waals surface area (Å²) in [6, 6.07) is 16.5. The molecule has 1 fully saturated rings. The number of thiazole rings is 1. The second-order valence-corrected chi connectivity index (χ2v) is 7.96. The highest BCUT2D eigenvalue weighted by atomic mass is 32.1. The molecule has 0 aliphatic carbocycles. The summed E-state index contributed by atoms with van der Waals surface area (Å²) < 4.78 is 5.60. The molecule has 0 spiro atoms. The molecule has 27 heavy (non-hydrogen) atoms. The van der Waals surface area contributed by atoms with Gasteiger partial charge in [0.05, 0.1) is 6.61 Å². The van der Waals surface area contributed by atoms with Crippen LogP contribution in [0.4, 0.5) is 0 Å². The summed E-state index contributed by atoms with van der Waals surface area (Å²) in [5, 5.41) is 2.78. The molecule has 0 radical (unpaired) electrons. The van der Waals surface area contributed by atoms with Gasteiger partial charge < -0.3 is 9.64 Å². The minimum absolute atomic E-state index is 0.0421. The van der Waals surface area contributed by atoms with Crippen LogP contribution in [0.2, 0.25) is 0 Å². The number of ether oxygens (including phenoxy) is 1. The Hall–Kier alpha value is -2.66. The molecule has 5 heteroatoms. The summed E-state index contributed by atoms with van der Waals surface area (Å²) in [6.07, 6.45) is 1.99. The molecular weight excluding hydrogens is 356 g/mol. The number of likely N-dealkylation sites (tertiary alicyclic amines) is 1. The predicted octanol–water partition coefficient (Wildman–Crippen LogP) is 4.37. The Bertz CT molecular complexity index is 983. The molecule has 2 aliphatic heterocycles. The maximum Gasteiger partial charge on any atom is 0.273 e. The molecule has 136 valence electrons. The molecule has 2 aromatic carbocycles. The number of benzene rings is 2. The zero-order valence-electron chi connectivity index (χ0n) is 14.9. The van der Waals surface area contributed by atoms with Crippen LogP contribution >= 0.6 is 11.3 Å². The topological polar surface area (TPSA) is 42.4 Å². The lowest BCUT2D eigenvalue weighted by Crippen LogP contribution is -2.28. The average Bonchev–Trinajstić information content (AvgIpc) is 3.47. The Morgan fingerprint density at radius 1 is 1.19 bits per heavy atom. The van der Waals surface area contributed by atoms with Crippen molar-refractivity contribution in [2.24, 2.45) is 0 Å². The molecule has 3 heterocycles. The Morgan fingerprint density at radius 2 is 2.07 bits per heavy atom. The summed E-state index contributed by atoms with van der Waals surface area (Å²) in [5.41, 5.74) is 4.23. The Balaban J connectivity index is 1.30. The van der Waals surface area contributed by atoms with Gasteiger partial charge in [-0.15, -0.1) is 11.3 Å². The van der Waals surface area contributed by atoms with E-state index in [1.54, 1.807) is 0 Å². The first-order valence-electron chi connectivity index (χ1n) is 9.34. The lowest BCUT2D eigenvalue weighted by atomic mass is 9.96. The van der Waals surface area contributed by atoms with Gasteiger partial charge >= 0.3 is 0 Å². The van der Waals surface area contributed by atoms with Gasteiger partial charge in [0.1, 0.15) is 16.5 Å². The molecule has 0 N–H and O–H groups in total. The third kappa shape index (κ3) is 3.12. The molecule has 0 saturated carbocycles. The fraction of sp³-hybridized carbons (Fsp3) is 0.273. The quantitative estimate of drug-likeness (QED) is 0.681. The summed E-state index contributed by atoms with van der Waals surface area (Å²) >= 11 is 1.53. The van der Waals surface area contributed by atoms with Gasteiger partial charge in [-0.05, 0) is 23.6 Å². The van der Waals surface area contributed by atoms with Crippen molar-refractivity contribution in [2.45, 2.75) is 18.8 Å². The van der Waals surface area contributed by atoms with Crippen LogP contribution in [-0.4, -0.2) is 35.5 Å². The van der Waals surface area contributed by atoms with E-state index in [1.165, 1.54) is 22.5 Å². The molecule has 5 rings (SSSR count). The summed E-state index contributed by atoms with van der Waals surface area (Å²) in [7, 11) is 0. The van der Waals surface area contributed by atoms with E-state index in [0.717, 1.165) is 48.9 Å². The molecule has 0 unspecified atom stereocenters. The van der Waals surface area contributed by atoms with E-state index < -0.39 is 0 Å². The SMILES string of the molecule is O=C(c1csc(-c2ccccc2)n1)N1CC[C@H](c2ccc3c(c2)CCO3)C1. The number of carbonyl (C=O) groups excluding carboxylic acids is 1. The molecule has 3 aromatic rings. The van der Waals surface area contributed by atoms with Crippen LogP contribution in [0.15, 0.2) is 53.9 Å². The van der Waals surface area contributed by atoms with Crippen molar-refractivity contribution >= 4 is 17.2 Å². The molecule has 1 aromatic heterocycles. The van der Waals surface area contributed by atoms with E-state index in [2.05, 4.69) is 23.2 Å². The third-order valence-corrected chi connectivity index (χ3v) is 6.30. The van der Waals surface area contributed by atoms with Crippen molar-refractivity contribution < 1.29 is 9.53 Å². The lowest BCUT2D eigenvalue weighted by Gasteiger charge is -2.16. The summed E-state index contributed by atoms with van der Waals surface area (Å²) in [4.78, 5) is 19.4. The van der Waals surface area contributed by atoms with Crippen LogP contribution < -0.4 is 4.74 Å². The number of nitrogens with zero attached hydrogens (tertiary/aromatic N) is 2. The number of aromatic nitrogens is 1. The third-order valence-electron chi connectivity index (χ3n) is 5.40. The van der Waals surface area contributed by atoms with Gasteiger partial charge in [0, 0.05) is 36.4 Å². The van der Waals surface area contributed by atoms with Crippen LogP contribution in [0, 0.1) is 0 Å². The van der Waals surface area contributed by atoms with Gasteiger partial charge in [0.15, 0.2) is 0 Å². The molecule has 0 bridgehead atoms. The van der Waals surface area contributed by atoms with E-state index in [-0.39, 0.29) is 5.91 Å². The van der Waals surface area contributed by atoms with Gasteiger partial charge in [-0.3, -0.25) is 4.79 Å². The summed E-state index contributed by atoms with van der Waals surface area (Å²) in [5.74, 6) is 1.45. The van der Waals surface area contributed by atoms with Gasteiger partial charge in [-0.1, -0.05) is 42.5 Å². The fourth-order valence-corrected chi connectivity index (χ4v) is 4.72. The zero-order valence-corrected chi connectivity index (χ0v) is 15.7. The first kappa shape index (κ1) is 16.5. The number of hydrogen-bond donors (Lipinski definition) is 0. The number of amides is 1. The molecule has 1 atom stereocenters. The van der Waals surface area contributed by atoms with E-state index >= 15 is 0 Å². The normalized spacial score (nSPS) is 18.4. The minimum atomic E-state index is 0.0421. The fourth-order valence-electron chi connectivity index (χ4n) is 3.92. The van der Waals surface area contributed by atoms with Gasteiger partial charge in [-0.25, -0.2) is 4.98 Å². The van der Waals surface area contributed by atoms with E-state index in [1.807, 2.05) is 40.6 Å². The maximum atomic E-state index is 12.9. The second-order valence-electron chi connectivity index (χ2n) is 7.11. The van der Waals surface area contributed by atoms with E-state index in [9.17, 15) is 4.79 Å². The Kier molecular flexibility index (Phi) is 4.17. The molecule has 2 aliphatic rings. The highest BCUT2D eigenvalue weighted by Crippen LogP contribution is 2.33. The van der Waals surface area contributed by atoms with Crippen molar-refractivity contribution in [3.05, 3.63) is 70.7 Å². The van der Waals surface area contributed by atoms with Crippen LogP contribution in [0.1, 0.15) is 34.0 Å². The van der Waals surface area contributed by atoms with Crippen LogP contribution in [0.3, 0.4) is 0 Å². The van der Waals surface area contributed by atoms with E-state index in [4.69, 9.17) is 4.74 Å². The average molecular weight is 376 g/mol. The van der Waals surface area contributed by atoms with Crippen molar-refractivity contribution in [3.8, 4) is 16.3 Å². The number of rotatable bonds is 3. The molecule has 1 amide bonds. The van der Waals surface area contributed by atoms with Crippen molar-refractivity contribution in [1.82, 2.24) is 9.88 Å². The zero-order chi connectivity index (χ0) is 18.2.